The molecule has 0 bridgehead atoms. The third-order valence-electron chi connectivity index (χ3n) is 4.73. The highest BCUT2D eigenvalue weighted by molar-refractivity contribution is 4.76. The second-order valence-corrected chi connectivity index (χ2v) is 6.90. The Morgan fingerprint density at radius 2 is 1.62 bits per heavy atom. The molecule has 2 rings (SSSR count). The monoisotopic (exact) mass is 299 g/mol. The third kappa shape index (κ3) is 6.61. The van der Waals surface area contributed by atoms with Crippen LogP contribution in [0.5, 0.6) is 0 Å². The Labute approximate surface area is 129 Å². The molecule has 2 fully saturated rings. The van der Waals surface area contributed by atoms with Crippen molar-refractivity contribution in [1.29, 1.82) is 0 Å². The Kier molecular flexibility index (Phi) is 7.40. The van der Waals surface area contributed by atoms with E-state index in [0.29, 0.717) is 0 Å². The predicted molar refractivity (Wildman–Crippen MR) is 85.6 cm³/mol. The minimum absolute atomic E-state index is 0.221. The van der Waals surface area contributed by atoms with Gasteiger partial charge in [0.05, 0.1) is 19.3 Å². The maximum Gasteiger partial charge on any atom is 0.0793 e. The molecule has 2 heterocycles. The first-order valence-electron chi connectivity index (χ1n) is 8.48. The number of likely N-dealkylation sites (tertiary alicyclic amines) is 1. The van der Waals surface area contributed by atoms with Crippen molar-refractivity contribution in [3.63, 3.8) is 0 Å². The molecule has 0 spiro atoms. The van der Waals surface area contributed by atoms with Crippen LogP contribution in [0.25, 0.3) is 0 Å². The number of nitrogens with zero attached hydrogens (tertiary/aromatic N) is 3. The minimum atomic E-state index is -0.221. The van der Waals surface area contributed by atoms with E-state index in [0.717, 1.165) is 58.4 Å². The van der Waals surface area contributed by atoms with Gasteiger partial charge in [-0.05, 0) is 58.9 Å². The van der Waals surface area contributed by atoms with Crippen LogP contribution in [0.4, 0.5) is 0 Å². The first-order chi connectivity index (χ1) is 10.1. The van der Waals surface area contributed by atoms with Gasteiger partial charge in [0.2, 0.25) is 0 Å². The molecule has 0 radical (unpaired) electrons. The van der Waals surface area contributed by atoms with Crippen molar-refractivity contribution in [2.75, 3.05) is 73.1 Å². The molecule has 5 heteroatoms. The summed E-state index contributed by atoms with van der Waals surface area (Å²) in [7, 11) is 4.30. The summed E-state index contributed by atoms with van der Waals surface area (Å²) in [6.07, 6.45) is 3.68. The van der Waals surface area contributed by atoms with Gasteiger partial charge in [-0.15, -0.1) is 0 Å². The molecule has 0 saturated carbocycles. The van der Waals surface area contributed by atoms with Gasteiger partial charge in [0.15, 0.2) is 0 Å². The zero-order valence-electron chi connectivity index (χ0n) is 13.8. The fourth-order valence-electron chi connectivity index (χ4n) is 3.34. The molecular formula is C16H33N3O2. The number of hydrogen-bond donors (Lipinski definition) is 1. The van der Waals surface area contributed by atoms with Gasteiger partial charge < -0.3 is 19.6 Å². The molecule has 2 aliphatic rings. The summed E-state index contributed by atoms with van der Waals surface area (Å²) in [6.45, 7) is 8.67. The van der Waals surface area contributed by atoms with Crippen LogP contribution >= 0.6 is 0 Å². The van der Waals surface area contributed by atoms with Gasteiger partial charge in [-0.3, -0.25) is 4.90 Å². The van der Waals surface area contributed by atoms with Gasteiger partial charge in [-0.2, -0.15) is 0 Å². The molecule has 2 aliphatic heterocycles. The number of morpholine rings is 1. The Bertz CT molecular complexity index is 275. The molecule has 0 aromatic heterocycles. The normalized spacial score (nSPS) is 24.6. The molecule has 124 valence electrons. The van der Waals surface area contributed by atoms with Gasteiger partial charge in [-0.25, -0.2) is 0 Å². The summed E-state index contributed by atoms with van der Waals surface area (Å²) in [6, 6.07) is 0. The summed E-state index contributed by atoms with van der Waals surface area (Å²) in [5.41, 5.74) is 0. The molecule has 0 aromatic rings. The van der Waals surface area contributed by atoms with Crippen molar-refractivity contribution in [2.45, 2.75) is 25.4 Å². The van der Waals surface area contributed by atoms with Crippen LogP contribution in [-0.2, 0) is 4.74 Å². The number of aliphatic hydroxyl groups excluding tert-OH is 1. The molecule has 2 saturated heterocycles. The van der Waals surface area contributed by atoms with E-state index >= 15 is 0 Å². The zero-order valence-corrected chi connectivity index (χ0v) is 13.8. The van der Waals surface area contributed by atoms with E-state index in [1.165, 1.54) is 25.8 Å². The minimum Gasteiger partial charge on any atom is -0.390 e. The molecule has 0 aliphatic carbocycles. The molecule has 1 atom stereocenters. The van der Waals surface area contributed by atoms with E-state index in [9.17, 15) is 5.11 Å². The molecule has 5 nitrogen and oxygen atoms in total. The summed E-state index contributed by atoms with van der Waals surface area (Å²) < 4.78 is 5.35. The first-order valence-corrected chi connectivity index (χ1v) is 8.48. The highest BCUT2D eigenvalue weighted by atomic mass is 16.5. The number of aliphatic hydroxyl groups is 1. The van der Waals surface area contributed by atoms with Crippen LogP contribution in [0.2, 0.25) is 0 Å². The fraction of sp³-hybridized carbons (Fsp3) is 1.00. The fourth-order valence-corrected chi connectivity index (χ4v) is 3.34. The largest absolute Gasteiger partial charge is 0.390 e. The van der Waals surface area contributed by atoms with Gasteiger partial charge >= 0.3 is 0 Å². The van der Waals surface area contributed by atoms with Crippen molar-refractivity contribution in [3.05, 3.63) is 0 Å². The molecule has 0 aromatic carbocycles. The van der Waals surface area contributed by atoms with Crippen molar-refractivity contribution < 1.29 is 9.84 Å². The Balaban J connectivity index is 1.59. The lowest BCUT2D eigenvalue weighted by atomic mass is 9.93. The number of rotatable bonds is 7. The summed E-state index contributed by atoms with van der Waals surface area (Å²) >= 11 is 0. The second kappa shape index (κ2) is 9.06. The number of β-amino-alcohol motifs (C(OH)–C–C–N with tert-alkyl or cyclic N) is 1. The predicted octanol–water partition coefficient (Wildman–Crippen LogP) is 0.343. The van der Waals surface area contributed by atoms with E-state index in [1.54, 1.807) is 0 Å². The number of piperidine rings is 1. The summed E-state index contributed by atoms with van der Waals surface area (Å²) in [5, 5.41) is 10.3. The van der Waals surface area contributed by atoms with Crippen molar-refractivity contribution in [3.8, 4) is 0 Å². The molecular weight excluding hydrogens is 266 g/mol. The first kappa shape index (κ1) is 17.2. The van der Waals surface area contributed by atoms with Crippen molar-refractivity contribution >= 4 is 0 Å². The average molecular weight is 299 g/mol. The maximum absolute atomic E-state index is 10.3. The standard InChI is InChI=1S/C16H33N3O2/c1-17(2)6-3-15-4-7-18(8-5-15)13-16(20)14-19-9-11-21-12-10-19/h15-16,20H,3-14H2,1-2H3. The van der Waals surface area contributed by atoms with Crippen LogP contribution < -0.4 is 0 Å². The van der Waals surface area contributed by atoms with Crippen LogP contribution in [0.1, 0.15) is 19.3 Å². The zero-order chi connectivity index (χ0) is 15.1. The lowest BCUT2D eigenvalue weighted by Gasteiger charge is -2.35. The highest BCUT2D eigenvalue weighted by Crippen LogP contribution is 2.20. The SMILES string of the molecule is CN(C)CCC1CCN(CC(O)CN2CCOCC2)CC1. The van der Waals surface area contributed by atoms with E-state index in [1.807, 2.05) is 0 Å². The summed E-state index contributed by atoms with van der Waals surface area (Å²) in [4.78, 5) is 7.04. The van der Waals surface area contributed by atoms with E-state index in [4.69, 9.17) is 4.74 Å². The van der Waals surface area contributed by atoms with E-state index in [-0.39, 0.29) is 6.10 Å². The van der Waals surface area contributed by atoms with Crippen molar-refractivity contribution in [1.82, 2.24) is 14.7 Å². The Morgan fingerprint density at radius 1 is 1.05 bits per heavy atom. The van der Waals surface area contributed by atoms with Gasteiger partial charge in [0, 0.05) is 26.2 Å². The van der Waals surface area contributed by atoms with E-state index < -0.39 is 0 Å². The van der Waals surface area contributed by atoms with Crippen LogP contribution in [0.15, 0.2) is 0 Å². The van der Waals surface area contributed by atoms with Gasteiger partial charge in [0.25, 0.3) is 0 Å². The van der Waals surface area contributed by atoms with Gasteiger partial charge in [-0.1, -0.05) is 0 Å². The van der Waals surface area contributed by atoms with Crippen LogP contribution in [0, 0.1) is 5.92 Å². The quantitative estimate of drug-likeness (QED) is 0.734. The van der Waals surface area contributed by atoms with Gasteiger partial charge in [0.1, 0.15) is 0 Å². The lowest BCUT2D eigenvalue weighted by Crippen LogP contribution is -2.46. The van der Waals surface area contributed by atoms with Crippen LogP contribution in [0.3, 0.4) is 0 Å². The Hall–Kier alpha value is -0.200. The van der Waals surface area contributed by atoms with Crippen molar-refractivity contribution in [2.24, 2.45) is 5.92 Å². The second-order valence-electron chi connectivity index (χ2n) is 6.90. The smallest absolute Gasteiger partial charge is 0.0793 e. The summed E-state index contributed by atoms with van der Waals surface area (Å²) in [5.74, 6) is 0.875. The average Bonchev–Trinajstić information content (AvgIpc) is 2.47. The lowest BCUT2D eigenvalue weighted by molar-refractivity contribution is 0.00399. The topological polar surface area (TPSA) is 39.2 Å². The number of ether oxygens (including phenoxy) is 1. The molecule has 21 heavy (non-hydrogen) atoms. The maximum atomic E-state index is 10.3. The molecule has 1 unspecified atom stereocenters. The highest BCUT2D eigenvalue weighted by Gasteiger charge is 2.22. The number of hydrogen-bond acceptors (Lipinski definition) is 5. The molecule has 0 amide bonds. The Morgan fingerprint density at radius 3 is 2.19 bits per heavy atom. The third-order valence-corrected chi connectivity index (χ3v) is 4.73. The molecule has 1 N–H and O–H groups in total. The van der Waals surface area contributed by atoms with E-state index in [2.05, 4.69) is 28.8 Å². The van der Waals surface area contributed by atoms with Crippen LogP contribution in [-0.4, -0.2) is 99.0 Å².